The highest BCUT2D eigenvalue weighted by molar-refractivity contribution is 9.10. The molecule has 0 amide bonds. The van der Waals surface area contributed by atoms with Gasteiger partial charge in [0.2, 0.25) is 5.71 Å². The monoisotopic (exact) mass is 227 g/mol. The number of pyridine rings is 1. The Balaban J connectivity index is 2.67. The Bertz CT molecular complexity index is 410. The number of hydrogen-bond donors (Lipinski definition) is 1. The molecule has 0 aliphatic rings. The zero-order chi connectivity index (χ0) is 8.55. The summed E-state index contributed by atoms with van der Waals surface area (Å²) in [6, 6.07) is 3.66. The second-order valence-electron chi connectivity index (χ2n) is 2.42. The van der Waals surface area contributed by atoms with Crippen LogP contribution < -0.4 is 0 Å². The van der Waals surface area contributed by atoms with Crippen molar-refractivity contribution in [3.8, 4) is 0 Å². The van der Waals surface area contributed by atoms with Gasteiger partial charge in [0.25, 0.3) is 0 Å². The molecule has 0 spiro atoms. The van der Waals surface area contributed by atoms with Crippen LogP contribution in [0.5, 0.6) is 0 Å². The van der Waals surface area contributed by atoms with Crippen molar-refractivity contribution in [1.29, 1.82) is 0 Å². The Labute approximate surface area is 77.2 Å². The summed E-state index contributed by atoms with van der Waals surface area (Å²) >= 11 is 3.30. The molecule has 0 saturated carbocycles. The minimum absolute atomic E-state index is 0.0893. The molecular weight excluding hydrogens is 222 g/mol. The Kier molecular flexibility index (Phi) is 1.86. The van der Waals surface area contributed by atoms with Crippen LogP contribution in [-0.2, 0) is 6.61 Å². The van der Waals surface area contributed by atoms with Crippen LogP contribution in [0.1, 0.15) is 5.76 Å². The third-order valence-electron chi connectivity index (χ3n) is 1.55. The van der Waals surface area contributed by atoms with E-state index < -0.39 is 0 Å². The van der Waals surface area contributed by atoms with Crippen molar-refractivity contribution >= 4 is 27.0 Å². The fraction of sp³-hybridized carbons (Fsp3) is 0.125. The van der Waals surface area contributed by atoms with Crippen LogP contribution in [0.4, 0.5) is 0 Å². The smallest absolute Gasteiger partial charge is 0.226 e. The number of nitrogens with zero attached hydrogens (tertiary/aromatic N) is 1. The van der Waals surface area contributed by atoms with Gasteiger partial charge < -0.3 is 9.52 Å². The normalized spacial score (nSPS) is 10.8. The van der Waals surface area contributed by atoms with E-state index in [0.29, 0.717) is 11.5 Å². The predicted octanol–water partition coefficient (Wildman–Crippen LogP) is 2.08. The summed E-state index contributed by atoms with van der Waals surface area (Å²) in [5.41, 5.74) is 0.558. The summed E-state index contributed by atoms with van der Waals surface area (Å²) in [5.74, 6) is 0.538. The lowest BCUT2D eigenvalue weighted by atomic mass is 10.3. The van der Waals surface area contributed by atoms with Crippen molar-refractivity contribution in [2.75, 3.05) is 0 Å². The average molecular weight is 228 g/mol. The summed E-state index contributed by atoms with van der Waals surface area (Å²) in [7, 11) is 0. The van der Waals surface area contributed by atoms with Gasteiger partial charge in [-0.25, -0.2) is 4.98 Å². The van der Waals surface area contributed by atoms with Gasteiger partial charge in [0, 0.05) is 16.1 Å². The van der Waals surface area contributed by atoms with Crippen LogP contribution in [0.3, 0.4) is 0 Å². The Morgan fingerprint density at radius 3 is 3.08 bits per heavy atom. The molecule has 0 bridgehead atoms. The lowest BCUT2D eigenvalue weighted by Gasteiger charge is -1.86. The number of hydrogen-bond acceptors (Lipinski definition) is 3. The number of furan rings is 1. The molecule has 0 saturated heterocycles. The van der Waals surface area contributed by atoms with Gasteiger partial charge in [0.15, 0.2) is 0 Å². The van der Waals surface area contributed by atoms with E-state index in [-0.39, 0.29) is 6.61 Å². The van der Waals surface area contributed by atoms with E-state index in [2.05, 4.69) is 20.9 Å². The Hall–Kier alpha value is -0.870. The number of aliphatic hydroxyl groups is 1. The largest absolute Gasteiger partial charge is 0.440 e. The topological polar surface area (TPSA) is 46.3 Å². The molecule has 62 valence electrons. The van der Waals surface area contributed by atoms with Gasteiger partial charge in [0.1, 0.15) is 12.4 Å². The SMILES string of the molecule is OCc1cc2cc(Br)cnc2o1. The average Bonchev–Trinajstić information content (AvgIpc) is 2.46. The van der Waals surface area contributed by atoms with Gasteiger partial charge in [-0.2, -0.15) is 0 Å². The fourth-order valence-electron chi connectivity index (χ4n) is 1.04. The lowest BCUT2D eigenvalue weighted by Crippen LogP contribution is -1.73. The molecule has 2 aromatic heterocycles. The first-order valence-corrected chi connectivity index (χ1v) is 4.24. The number of halogens is 1. The zero-order valence-electron chi connectivity index (χ0n) is 6.12. The maximum Gasteiger partial charge on any atom is 0.226 e. The van der Waals surface area contributed by atoms with Crippen molar-refractivity contribution in [1.82, 2.24) is 4.98 Å². The van der Waals surface area contributed by atoms with Crippen molar-refractivity contribution in [2.45, 2.75) is 6.61 Å². The first-order chi connectivity index (χ1) is 5.79. The fourth-order valence-corrected chi connectivity index (χ4v) is 1.39. The van der Waals surface area contributed by atoms with Gasteiger partial charge in [-0.05, 0) is 28.1 Å². The maximum atomic E-state index is 8.77. The second kappa shape index (κ2) is 2.88. The molecule has 0 fully saturated rings. The van der Waals surface area contributed by atoms with E-state index in [1.54, 1.807) is 12.3 Å². The van der Waals surface area contributed by atoms with Crippen molar-refractivity contribution in [3.05, 3.63) is 28.6 Å². The third kappa shape index (κ3) is 1.23. The summed E-state index contributed by atoms with van der Waals surface area (Å²) in [5, 5.41) is 9.67. The highest BCUT2D eigenvalue weighted by Crippen LogP contribution is 2.20. The molecule has 0 aliphatic heterocycles. The van der Waals surface area contributed by atoms with E-state index in [0.717, 1.165) is 9.86 Å². The Morgan fingerprint density at radius 1 is 1.50 bits per heavy atom. The molecule has 3 nitrogen and oxygen atoms in total. The first kappa shape index (κ1) is 7.76. The van der Waals surface area contributed by atoms with Crippen LogP contribution in [-0.4, -0.2) is 10.1 Å². The van der Waals surface area contributed by atoms with Crippen LogP contribution in [0, 0.1) is 0 Å². The van der Waals surface area contributed by atoms with E-state index >= 15 is 0 Å². The Morgan fingerprint density at radius 2 is 2.33 bits per heavy atom. The molecule has 0 unspecified atom stereocenters. The van der Waals surface area contributed by atoms with Crippen LogP contribution in [0.2, 0.25) is 0 Å². The van der Waals surface area contributed by atoms with Gasteiger partial charge in [-0.15, -0.1) is 0 Å². The van der Waals surface area contributed by atoms with Gasteiger partial charge in [-0.3, -0.25) is 0 Å². The summed E-state index contributed by atoms with van der Waals surface area (Å²) < 4.78 is 6.09. The number of aliphatic hydroxyl groups excluding tert-OH is 1. The van der Waals surface area contributed by atoms with E-state index in [1.807, 2.05) is 6.07 Å². The lowest BCUT2D eigenvalue weighted by molar-refractivity contribution is 0.250. The molecule has 2 rings (SSSR count). The standard InChI is InChI=1S/C8H6BrNO2/c9-6-1-5-2-7(4-11)12-8(5)10-3-6/h1-3,11H,4H2. The molecule has 0 atom stereocenters. The predicted molar refractivity (Wildman–Crippen MR) is 47.6 cm³/mol. The molecule has 0 radical (unpaired) electrons. The molecular formula is C8H6BrNO2. The molecule has 2 heterocycles. The molecule has 12 heavy (non-hydrogen) atoms. The van der Waals surface area contributed by atoms with Gasteiger partial charge in [0.05, 0.1) is 0 Å². The minimum Gasteiger partial charge on any atom is -0.440 e. The van der Waals surface area contributed by atoms with E-state index in [4.69, 9.17) is 9.52 Å². The zero-order valence-corrected chi connectivity index (χ0v) is 7.71. The van der Waals surface area contributed by atoms with Crippen LogP contribution in [0.25, 0.3) is 11.1 Å². The highest BCUT2D eigenvalue weighted by atomic mass is 79.9. The molecule has 4 heteroatoms. The molecule has 0 aromatic carbocycles. The number of aromatic nitrogens is 1. The van der Waals surface area contributed by atoms with E-state index in [1.165, 1.54) is 0 Å². The molecule has 0 aliphatic carbocycles. The van der Waals surface area contributed by atoms with Crippen LogP contribution >= 0.6 is 15.9 Å². The summed E-state index contributed by atoms with van der Waals surface area (Å²) in [4.78, 5) is 4.02. The highest BCUT2D eigenvalue weighted by Gasteiger charge is 2.03. The molecule has 2 aromatic rings. The van der Waals surface area contributed by atoms with Crippen molar-refractivity contribution in [2.24, 2.45) is 0 Å². The first-order valence-electron chi connectivity index (χ1n) is 3.44. The maximum absolute atomic E-state index is 8.77. The summed E-state index contributed by atoms with van der Waals surface area (Å²) in [6.45, 7) is -0.0893. The number of fused-ring (bicyclic) bond motifs is 1. The summed E-state index contributed by atoms with van der Waals surface area (Å²) in [6.07, 6.45) is 1.66. The third-order valence-corrected chi connectivity index (χ3v) is 1.98. The van der Waals surface area contributed by atoms with Gasteiger partial charge >= 0.3 is 0 Å². The number of rotatable bonds is 1. The molecule has 1 N–H and O–H groups in total. The minimum atomic E-state index is -0.0893. The van der Waals surface area contributed by atoms with Crippen LogP contribution in [0.15, 0.2) is 27.2 Å². The van der Waals surface area contributed by atoms with Gasteiger partial charge in [-0.1, -0.05) is 0 Å². The van der Waals surface area contributed by atoms with E-state index in [9.17, 15) is 0 Å². The second-order valence-corrected chi connectivity index (χ2v) is 3.33. The van der Waals surface area contributed by atoms with Crippen molar-refractivity contribution in [3.63, 3.8) is 0 Å². The quantitative estimate of drug-likeness (QED) is 0.812. The van der Waals surface area contributed by atoms with Crippen molar-refractivity contribution < 1.29 is 9.52 Å².